The third kappa shape index (κ3) is 1.56. The summed E-state index contributed by atoms with van der Waals surface area (Å²) in [5.74, 6) is -1.88. The lowest BCUT2D eigenvalue weighted by molar-refractivity contribution is -0.0888. The standard InChI is InChI=1S/C10H7F3N2O/c1-6-3-2-4-15-7(5-14-9(6)15)8(16)10(11,12)13/h2-5H,1H3. The number of fused-ring (bicyclic) bond motifs is 1. The Kier molecular flexibility index (Phi) is 2.22. The van der Waals surface area contributed by atoms with Gasteiger partial charge in [-0.3, -0.25) is 9.20 Å². The first-order valence-corrected chi connectivity index (χ1v) is 4.45. The fourth-order valence-corrected chi connectivity index (χ4v) is 1.46. The van der Waals surface area contributed by atoms with E-state index in [1.54, 1.807) is 19.1 Å². The topological polar surface area (TPSA) is 34.4 Å². The SMILES string of the molecule is Cc1cccn2c(C(=O)C(F)(F)F)cnc12. The lowest BCUT2D eigenvalue weighted by Gasteiger charge is -2.04. The van der Waals surface area contributed by atoms with Crippen LogP contribution < -0.4 is 0 Å². The maximum absolute atomic E-state index is 12.3. The number of nitrogens with zero attached hydrogens (tertiary/aromatic N) is 2. The molecule has 0 saturated heterocycles. The number of rotatable bonds is 1. The number of imidazole rings is 1. The number of hydrogen-bond acceptors (Lipinski definition) is 2. The molecule has 0 amide bonds. The van der Waals surface area contributed by atoms with Gasteiger partial charge in [-0.25, -0.2) is 4.98 Å². The van der Waals surface area contributed by atoms with Crippen molar-refractivity contribution >= 4 is 11.4 Å². The maximum Gasteiger partial charge on any atom is 0.456 e. The second-order valence-corrected chi connectivity index (χ2v) is 3.36. The highest BCUT2D eigenvalue weighted by atomic mass is 19.4. The van der Waals surface area contributed by atoms with E-state index in [-0.39, 0.29) is 0 Å². The molecule has 0 N–H and O–H groups in total. The summed E-state index contributed by atoms with van der Waals surface area (Å²) < 4.78 is 37.9. The molecular formula is C10H7F3N2O. The molecule has 0 saturated carbocycles. The van der Waals surface area contributed by atoms with Crippen LogP contribution in [0.4, 0.5) is 13.2 Å². The number of carbonyl (C=O) groups is 1. The molecule has 2 aromatic heterocycles. The van der Waals surface area contributed by atoms with Crippen molar-refractivity contribution in [2.24, 2.45) is 0 Å². The Bertz CT molecular complexity index is 557. The molecule has 0 aliphatic heterocycles. The molecule has 2 rings (SSSR count). The van der Waals surface area contributed by atoms with Crippen molar-refractivity contribution in [2.75, 3.05) is 0 Å². The largest absolute Gasteiger partial charge is 0.456 e. The van der Waals surface area contributed by atoms with Gasteiger partial charge in [0.2, 0.25) is 0 Å². The van der Waals surface area contributed by atoms with Gasteiger partial charge in [0.05, 0.1) is 6.20 Å². The zero-order valence-electron chi connectivity index (χ0n) is 8.25. The minimum Gasteiger partial charge on any atom is -0.297 e. The van der Waals surface area contributed by atoms with E-state index in [1.165, 1.54) is 6.20 Å². The van der Waals surface area contributed by atoms with Crippen molar-refractivity contribution in [1.29, 1.82) is 0 Å². The van der Waals surface area contributed by atoms with Crippen LogP contribution >= 0.6 is 0 Å². The molecule has 0 spiro atoms. The van der Waals surface area contributed by atoms with Gasteiger partial charge in [-0.05, 0) is 18.6 Å². The number of aryl methyl sites for hydroxylation is 1. The number of hydrogen-bond donors (Lipinski definition) is 0. The second kappa shape index (κ2) is 3.33. The van der Waals surface area contributed by atoms with E-state index in [9.17, 15) is 18.0 Å². The molecule has 3 nitrogen and oxygen atoms in total. The summed E-state index contributed by atoms with van der Waals surface area (Å²) in [6, 6.07) is 3.28. The normalized spacial score (nSPS) is 12.0. The van der Waals surface area contributed by atoms with E-state index in [0.717, 1.165) is 10.6 Å². The molecule has 84 valence electrons. The Labute approximate surface area is 88.5 Å². The van der Waals surface area contributed by atoms with Crippen molar-refractivity contribution < 1.29 is 18.0 Å². The smallest absolute Gasteiger partial charge is 0.297 e. The van der Waals surface area contributed by atoms with Gasteiger partial charge in [0.15, 0.2) is 0 Å². The van der Waals surface area contributed by atoms with Crippen molar-refractivity contribution in [2.45, 2.75) is 13.1 Å². The van der Waals surface area contributed by atoms with Gasteiger partial charge in [-0.15, -0.1) is 0 Å². The van der Waals surface area contributed by atoms with Crippen LogP contribution in [-0.2, 0) is 0 Å². The first kappa shape index (κ1) is 10.7. The Morgan fingerprint density at radius 1 is 1.44 bits per heavy atom. The molecular weight excluding hydrogens is 221 g/mol. The number of halogens is 3. The van der Waals surface area contributed by atoms with Crippen molar-refractivity contribution in [3.8, 4) is 0 Å². The fraction of sp³-hybridized carbons (Fsp3) is 0.200. The summed E-state index contributed by atoms with van der Waals surface area (Å²) in [6.45, 7) is 1.71. The van der Waals surface area contributed by atoms with Gasteiger partial charge >= 0.3 is 6.18 Å². The number of ketones is 1. The van der Waals surface area contributed by atoms with E-state index >= 15 is 0 Å². The minimum atomic E-state index is -4.88. The van der Waals surface area contributed by atoms with Crippen LogP contribution in [0.15, 0.2) is 24.5 Å². The van der Waals surface area contributed by atoms with Gasteiger partial charge in [0.25, 0.3) is 5.78 Å². The number of aromatic nitrogens is 2. The second-order valence-electron chi connectivity index (χ2n) is 3.36. The summed E-state index contributed by atoms with van der Waals surface area (Å²) in [5.41, 5.74) is 0.602. The van der Waals surface area contributed by atoms with Gasteiger partial charge < -0.3 is 0 Å². The Morgan fingerprint density at radius 3 is 2.75 bits per heavy atom. The molecule has 0 radical (unpaired) electrons. The van der Waals surface area contributed by atoms with Crippen LogP contribution in [0.2, 0.25) is 0 Å². The number of pyridine rings is 1. The Hall–Kier alpha value is -1.85. The molecule has 2 aromatic rings. The molecule has 0 aliphatic carbocycles. The first-order valence-electron chi connectivity index (χ1n) is 4.45. The summed E-state index contributed by atoms with van der Waals surface area (Å²) >= 11 is 0. The van der Waals surface area contributed by atoms with Crippen LogP contribution in [0, 0.1) is 6.92 Å². The van der Waals surface area contributed by atoms with Crippen LogP contribution in [0.5, 0.6) is 0 Å². The van der Waals surface area contributed by atoms with Crippen molar-refractivity contribution in [3.05, 3.63) is 35.8 Å². The highest BCUT2D eigenvalue weighted by molar-refractivity contribution is 5.99. The van der Waals surface area contributed by atoms with Crippen LogP contribution in [0.1, 0.15) is 16.1 Å². The number of alkyl halides is 3. The predicted octanol–water partition coefficient (Wildman–Crippen LogP) is 2.39. The monoisotopic (exact) mass is 228 g/mol. The van der Waals surface area contributed by atoms with Gasteiger partial charge in [-0.1, -0.05) is 6.07 Å². The summed E-state index contributed by atoms with van der Waals surface area (Å²) in [7, 11) is 0. The van der Waals surface area contributed by atoms with E-state index in [1.807, 2.05) is 0 Å². The van der Waals surface area contributed by atoms with Crippen LogP contribution in [-0.4, -0.2) is 21.3 Å². The van der Waals surface area contributed by atoms with Crippen LogP contribution in [0.3, 0.4) is 0 Å². The molecule has 0 aliphatic rings. The van der Waals surface area contributed by atoms with Gasteiger partial charge in [0, 0.05) is 6.20 Å². The Balaban J connectivity index is 2.64. The summed E-state index contributed by atoms with van der Waals surface area (Å²) in [6.07, 6.45) is -2.55. The molecule has 2 heterocycles. The number of carbonyl (C=O) groups excluding carboxylic acids is 1. The fourth-order valence-electron chi connectivity index (χ4n) is 1.46. The zero-order chi connectivity index (χ0) is 11.9. The number of Topliss-reactive ketones (excluding diaryl/α,β-unsaturated/α-hetero) is 1. The molecule has 0 bridgehead atoms. The average molecular weight is 228 g/mol. The average Bonchev–Trinajstić information content (AvgIpc) is 2.60. The molecule has 6 heteroatoms. The predicted molar refractivity (Wildman–Crippen MR) is 50.3 cm³/mol. The highest BCUT2D eigenvalue weighted by Gasteiger charge is 2.41. The first-order chi connectivity index (χ1) is 7.41. The minimum absolute atomic E-state index is 0.357. The van der Waals surface area contributed by atoms with E-state index in [0.29, 0.717) is 11.2 Å². The quantitative estimate of drug-likeness (QED) is 0.702. The molecule has 0 unspecified atom stereocenters. The van der Waals surface area contributed by atoms with E-state index < -0.39 is 17.7 Å². The highest BCUT2D eigenvalue weighted by Crippen LogP contribution is 2.22. The van der Waals surface area contributed by atoms with E-state index in [4.69, 9.17) is 0 Å². The summed E-state index contributed by atoms with van der Waals surface area (Å²) in [4.78, 5) is 14.9. The van der Waals surface area contributed by atoms with Crippen LogP contribution in [0.25, 0.3) is 5.65 Å². The van der Waals surface area contributed by atoms with Crippen molar-refractivity contribution in [3.63, 3.8) is 0 Å². The molecule has 0 fully saturated rings. The summed E-state index contributed by atoms with van der Waals surface area (Å²) in [5, 5.41) is 0. The van der Waals surface area contributed by atoms with E-state index in [2.05, 4.69) is 4.98 Å². The molecule has 16 heavy (non-hydrogen) atoms. The van der Waals surface area contributed by atoms with Gasteiger partial charge in [0.1, 0.15) is 11.3 Å². The van der Waals surface area contributed by atoms with Gasteiger partial charge in [-0.2, -0.15) is 13.2 Å². The maximum atomic E-state index is 12.3. The lowest BCUT2D eigenvalue weighted by Crippen LogP contribution is -2.24. The lowest BCUT2D eigenvalue weighted by atomic mass is 10.3. The molecule has 0 aromatic carbocycles. The third-order valence-electron chi connectivity index (χ3n) is 2.22. The zero-order valence-corrected chi connectivity index (χ0v) is 8.25. The van der Waals surface area contributed by atoms with Crippen molar-refractivity contribution in [1.82, 2.24) is 9.38 Å². The third-order valence-corrected chi connectivity index (χ3v) is 2.22. The Morgan fingerprint density at radius 2 is 2.12 bits per heavy atom. The molecule has 0 atom stereocenters.